The SMILES string of the molecule is CS(=O)(=O)c1ccc(NC=C(C#N)C#N)cc1N1CCCCC1. The minimum Gasteiger partial charge on any atom is -0.370 e. The third-order valence-corrected chi connectivity index (χ3v) is 4.82. The molecule has 1 aromatic carbocycles. The number of nitrogens with zero attached hydrogens (tertiary/aromatic N) is 3. The average molecular weight is 330 g/mol. The van der Waals surface area contributed by atoms with E-state index in [0.717, 1.165) is 32.4 Å². The van der Waals surface area contributed by atoms with Crippen LogP contribution < -0.4 is 10.2 Å². The molecule has 6 nitrogen and oxygen atoms in total. The fourth-order valence-corrected chi connectivity index (χ4v) is 3.43. The number of sulfone groups is 1. The van der Waals surface area contributed by atoms with Crippen LogP contribution in [0.3, 0.4) is 0 Å². The van der Waals surface area contributed by atoms with Crippen LogP contribution in [0, 0.1) is 22.7 Å². The number of allylic oxidation sites excluding steroid dienone is 1. The molecule has 0 saturated carbocycles. The van der Waals surface area contributed by atoms with Gasteiger partial charge in [-0.05, 0) is 37.5 Å². The third-order valence-electron chi connectivity index (χ3n) is 3.68. The lowest BCUT2D eigenvalue weighted by Crippen LogP contribution is -2.30. The first kappa shape index (κ1) is 16.9. The summed E-state index contributed by atoms with van der Waals surface area (Å²) in [4.78, 5) is 2.37. The maximum atomic E-state index is 12.0. The molecule has 0 radical (unpaired) electrons. The Bertz CT molecular complexity index is 778. The number of hydrogen-bond acceptors (Lipinski definition) is 6. The van der Waals surface area contributed by atoms with E-state index >= 15 is 0 Å². The maximum Gasteiger partial charge on any atom is 0.177 e. The minimum absolute atomic E-state index is 0.0447. The Morgan fingerprint density at radius 3 is 2.43 bits per heavy atom. The van der Waals surface area contributed by atoms with Gasteiger partial charge in [-0.2, -0.15) is 10.5 Å². The van der Waals surface area contributed by atoms with E-state index < -0.39 is 9.84 Å². The van der Waals surface area contributed by atoms with Crippen LogP contribution in [-0.2, 0) is 9.84 Å². The van der Waals surface area contributed by atoms with E-state index in [0.29, 0.717) is 16.3 Å². The van der Waals surface area contributed by atoms with Crippen LogP contribution in [0.5, 0.6) is 0 Å². The normalized spacial score (nSPS) is 14.5. The fourth-order valence-electron chi connectivity index (χ4n) is 2.55. The summed E-state index contributed by atoms with van der Waals surface area (Å²) in [6, 6.07) is 8.48. The van der Waals surface area contributed by atoms with Gasteiger partial charge in [-0.25, -0.2) is 8.42 Å². The van der Waals surface area contributed by atoms with Crippen molar-refractivity contribution in [3.8, 4) is 12.1 Å². The zero-order chi connectivity index (χ0) is 16.9. The second-order valence-electron chi connectivity index (χ2n) is 5.43. The second kappa shape index (κ2) is 7.17. The number of nitrogens with one attached hydrogen (secondary N) is 1. The van der Waals surface area contributed by atoms with Crippen molar-refractivity contribution in [2.45, 2.75) is 24.2 Å². The van der Waals surface area contributed by atoms with Crippen molar-refractivity contribution in [1.29, 1.82) is 10.5 Å². The Kier molecular flexibility index (Phi) is 5.25. The molecule has 0 unspecified atom stereocenters. The van der Waals surface area contributed by atoms with E-state index in [1.807, 2.05) is 0 Å². The summed E-state index contributed by atoms with van der Waals surface area (Å²) in [5.74, 6) is 0. The van der Waals surface area contributed by atoms with Gasteiger partial charge in [0.15, 0.2) is 9.84 Å². The number of anilines is 2. The van der Waals surface area contributed by atoms with Gasteiger partial charge in [-0.15, -0.1) is 0 Å². The minimum atomic E-state index is -3.33. The van der Waals surface area contributed by atoms with Crippen molar-refractivity contribution in [3.63, 3.8) is 0 Å². The number of nitriles is 2. The van der Waals surface area contributed by atoms with Gasteiger partial charge in [0, 0.05) is 31.2 Å². The molecule has 0 bridgehead atoms. The summed E-state index contributed by atoms with van der Waals surface area (Å²) < 4.78 is 24.0. The molecule has 23 heavy (non-hydrogen) atoms. The smallest absolute Gasteiger partial charge is 0.177 e. The Morgan fingerprint density at radius 1 is 1.22 bits per heavy atom. The van der Waals surface area contributed by atoms with Crippen LogP contribution >= 0.6 is 0 Å². The highest BCUT2D eigenvalue weighted by atomic mass is 32.2. The lowest BCUT2D eigenvalue weighted by Gasteiger charge is -2.30. The Labute approximate surface area is 136 Å². The summed E-state index contributed by atoms with van der Waals surface area (Å²) in [7, 11) is -3.33. The van der Waals surface area contributed by atoms with E-state index in [9.17, 15) is 8.42 Å². The van der Waals surface area contributed by atoms with Crippen molar-refractivity contribution in [1.82, 2.24) is 0 Å². The number of benzene rings is 1. The largest absolute Gasteiger partial charge is 0.370 e. The van der Waals surface area contributed by atoms with Crippen molar-refractivity contribution < 1.29 is 8.42 Å². The van der Waals surface area contributed by atoms with Crippen LogP contribution in [0.1, 0.15) is 19.3 Å². The van der Waals surface area contributed by atoms with Crippen LogP contribution in [0.4, 0.5) is 11.4 Å². The molecule has 1 fully saturated rings. The monoisotopic (exact) mass is 330 g/mol. The van der Waals surface area contributed by atoms with Crippen molar-refractivity contribution in [2.75, 3.05) is 29.6 Å². The van der Waals surface area contributed by atoms with Gasteiger partial charge in [0.1, 0.15) is 17.7 Å². The molecule has 1 aliphatic heterocycles. The van der Waals surface area contributed by atoms with Gasteiger partial charge in [0.05, 0.1) is 10.6 Å². The van der Waals surface area contributed by atoms with E-state index in [1.54, 1.807) is 30.3 Å². The number of rotatable bonds is 4. The van der Waals surface area contributed by atoms with E-state index in [4.69, 9.17) is 10.5 Å². The van der Waals surface area contributed by atoms with Crippen molar-refractivity contribution in [3.05, 3.63) is 30.0 Å². The molecule has 7 heteroatoms. The lowest BCUT2D eigenvalue weighted by molar-refractivity contribution is 0.572. The van der Waals surface area contributed by atoms with Crippen LogP contribution in [0.25, 0.3) is 0 Å². The van der Waals surface area contributed by atoms with Gasteiger partial charge in [-0.3, -0.25) is 0 Å². The standard InChI is InChI=1S/C16H18N4O2S/c1-23(21,22)16-6-5-14(19-12-13(10-17)11-18)9-15(16)20-7-3-2-4-8-20/h5-6,9,12,19H,2-4,7-8H2,1H3. The van der Waals surface area contributed by atoms with Gasteiger partial charge >= 0.3 is 0 Å². The molecule has 0 amide bonds. The van der Waals surface area contributed by atoms with Crippen LogP contribution in [0.15, 0.2) is 34.9 Å². The summed E-state index contributed by atoms with van der Waals surface area (Å²) in [5, 5.41) is 20.4. The Morgan fingerprint density at radius 2 is 1.87 bits per heavy atom. The Hall–Kier alpha value is -2.51. The summed E-state index contributed by atoms with van der Waals surface area (Å²) in [6.07, 6.45) is 5.74. The lowest BCUT2D eigenvalue weighted by atomic mass is 10.1. The van der Waals surface area contributed by atoms with E-state index in [1.165, 1.54) is 12.5 Å². The van der Waals surface area contributed by atoms with Crippen molar-refractivity contribution >= 4 is 21.2 Å². The van der Waals surface area contributed by atoms with Gasteiger partial charge in [-0.1, -0.05) is 0 Å². The third kappa shape index (κ3) is 4.24. The molecule has 1 aromatic rings. The summed E-state index contributed by atoms with van der Waals surface area (Å²) >= 11 is 0. The molecule has 2 rings (SSSR count). The zero-order valence-electron chi connectivity index (χ0n) is 12.9. The van der Waals surface area contributed by atoms with Gasteiger partial charge < -0.3 is 10.2 Å². The molecular formula is C16H18N4O2S. The van der Waals surface area contributed by atoms with Crippen molar-refractivity contribution in [2.24, 2.45) is 0 Å². The molecule has 1 N–H and O–H groups in total. The van der Waals surface area contributed by atoms with Crippen LogP contribution in [-0.4, -0.2) is 27.8 Å². The van der Waals surface area contributed by atoms with Gasteiger partial charge in [0.25, 0.3) is 0 Å². The molecule has 1 heterocycles. The number of piperidine rings is 1. The Balaban J connectivity index is 2.40. The molecule has 0 aliphatic carbocycles. The highest BCUT2D eigenvalue weighted by Crippen LogP contribution is 2.30. The van der Waals surface area contributed by atoms with E-state index in [-0.39, 0.29) is 5.57 Å². The molecule has 1 aliphatic rings. The maximum absolute atomic E-state index is 12.0. The fraction of sp³-hybridized carbons (Fsp3) is 0.375. The molecule has 0 aromatic heterocycles. The zero-order valence-corrected chi connectivity index (χ0v) is 13.7. The average Bonchev–Trinajstić information content (AvgIpc) is 2.55. The highest BCUT2D eigenvalue weighted by Gasteiger charge is 2.20. The first-order valence-electron chi connectivity index (χ1n) is 7.31. The summed E-state index contributed by atoms with van der Waals surface area (Å²) in [6.45, 7) is 1.65. The molecular weight excluding hydrogens is 312 g/mol. The highest BCUT2D eigenvalue weighted by molar-refractivity contribution is 7.90. The first-order chi connectivity index (χ1) is 11.0. The van der Waals surface area contributed by atoms with E-state index in [2.05, 4.69) is 10.2 Å². The first-order valence-corrected chi connectivity index (χ1v) is 9.21. The van der Waals surface area contributed by atoms with Crippen LogP contribution in [0.2, 0.25) is 0 Å². The molecule has 0 spiro atoms. The topological polar surface area (TPSA) is 97.0 Å². The number of hydrogen-bond donors (Lipinski definition) is 1. The second-order valence-corrected chi connectivity index (χ2v) is 7.41. The van der Waals surface area contributed by atoms with Gasteiger partial charge in [0.2, 0.25) is 0 Å². The predicted octanol–water partition coefficient (Wildman–Crippen LogP) is 2.42. The quantitative estimate of drug-likeness (QED) is 0.852. The summed E-state index contributed by atoms with van der Waals surface area (Å²) in [5.41, 5.74) is 1.26. The molecule has 120 valence electrons. The molecule has 1 saturated heterocycles. The molecule has 0 atom stereocenters. The predicted molar refractivity (Wildman–Crippen MR) is 88.5 cm³/mol.